The zero-order valence-corrected chi connectivity index (χ0v) is 12.9. The smallest absolute Gasteiger partial charge is 0.0312 e. The second kappa shape index (κ2) is 8.35. The molecule has 20 heavy (non-hydrogen) atoms. The van der Waals surface area contributed by atoms with Gasteiger partial charge in [-0.25, -0.2) is 0 Å². The Morgan fingerprint density at radius 2 is 2.10 bits per heavy atom. The number of hydrogen-bond acceptors (Lipinski definition) is 4. The van der Waals surface area contributed by atoms with Crippen LogP contribution in [-0.4, -0.2) is 60.1 Å². The molecule has 1 saturated heterocycles. The average molecular weight is 276 g/mol. The molecule has 0 radical (unpaired) electrons. The van der Waals surface area contributed by atoms with E-state index in [1.165, 1.54) is 38.2 Å². The maximum absolute atomic E-state index is 4.13. The van der Waals surface area contributed by atoms with Crippen molar-refractivity contribution >= 4 is 0 Å². The summed E-state index contributed by atoms with van der Waals surface area (Å²) in [5.41, 5.74) is 1.26. The van der Waals surface area contributed by atoms with Gasteiger partial charge in [0.25, 0.3) is 0 Å². The molecule has 1 fully saturated rings. The van der Waals surface area contributed by atoms with Gasteiger partial charge >= 0.3 is 0 Å². The van der Waals surface area contributed by atoms with Gasteiger partial charge in [-0.1, -0.05) is 13.0 Å². The third-order valence-electron chi connectivity index (χ3n) is 4.28. The van der Waals surface area contributed by atoms with Crippen LogP contribution in [0.1, 0.15) is 25.8 Å². The van der Waals surface area contributed by atoms with E-state index in [2.05, 4.69) is 40.0 Å². The Kier molecular flexibility index (Phi) is 6.43. The van der Waals surface area contributed by atoms with E-state index in [0.29, 0.717) is 0 Å². The van der Waals surface area contributed by atoms with Crippen molar-refractivity contribution in [2.45, 2.75) is 32.9 Å². The van der Waals surface area contributed by atoms with Gasteiger partial charge in [0.15, 0.2) is 0 Å². The number of pyridine rings is 1. The highest BCUT2D eigenvalue weighted by Crippen LogP contribution is 2.08. The molecule has 4 heteroatoms. The molecule has 2 rings (SSSR count). The van der Waals surface area contributed by atoms with Gasteiger partial charge < -0.3 is 5.32 Å². The van der Waals surface area contributed by atoms with Crippen LogP contribution in [0.15, 0.2) is 24.5 Å². The van der Waals surface area contributed by atoms with E-state index in [0.717, 1.165) is 25.7 Å². The van der Waals surface area contributed by atoms with E-state index in [1.54, 1.807) is 0 Å². The van der Waals surface area contributed by atoms with Crippen molar-refractivity contribution in [2.24, 2.45) is 0 Å². The molecule has 1 N–H and O–H groups in total. The van der Waals surface area contributed by atoms with Crippen molar-refractivity contribution in [3.63, 3.8) is 0 Å². The zero-order chi connectivity index (χ0) is 14.2. The maximum Gasteiger partial charge on any atom is 0.0312 e. The molecule has 112 valence electrons. The second-order valence-corrected chi connectivity index (χ2v) is 5.67. The largest absolute Gasteiger partial charge is 0.311 e. The molecule has 0 saturated carbocycles. The molecule has 0 amide bonds. The first-order valence-electron chi connectivity index (χ1n) is 7.85. The van der Waals surface area contributed by atoms with Gasteiger partial charge in [-0.2, -0.15) is 0 Å². The lowest BCUT2D eigenvalue weighted by atomic mass is 10.2. The van der Waals surface area contributed by atoms with Gasteiger partial charge in [-0.3, -0.25) is 14.8 Å². The van der Waals surface area contributed by atoms with E-state index in [4.69, 9.17) is 0 Å². The van der Waals surface area contributed by atoms with Crippen molar-refractivity contribution in [1.82, 2.24) is 20.1 Å². The number of rotatable bonds is 7. The summed E-state index contributed by atoms with van der Waals surface area (Å²) in [6, 6.07) is 4.84. The standard InChI is InChI=1S/C16H28N4/c1-3-15(2)20-11-9-19(10-12-20)8-7-18-14-16-5-4-6-17-13-16/h4-6,13,15,18H,3,7-12,14H2,1-2H3. The lowest BCUT2D eigenvalue weighted by molar-refractivity contribution is 0.101. The third-order valence-corrected chi connectivity index (χ3v) is 4.28. The van der Waals surface area contributed by atoms with Crippen molar-refractivity contribution < 1.29 is 0 Å². The van der Waals surface area contributed by atoms with Gasteiger partial charge in [-0.05, 0) is 25.0 Å². The minimum absolute atomic E-state index is 0.737. The molecule has 1 aromatic rings. The van der Waals surface area contributed by atoms with E-state index >= 15 is 0 Å². The number of nitrogens with one attached hydrogen (secondary N) is 1. The summed E-state index contributed by atoms with van der Waals surface area (Å²) < 4.78 is 0. The monoisotopic (exact) mass is 276 g/mol. The normalized spacial score (nSPS) is 19.1. The molecular formula is C16H28N4. The Hall–Kier alpha value is -0.970. The van der Waals surface area contributed by atoms with Crippen molar-refractivity contribution in [3.8, 4) is 0 Å². The Morgan fingerprint density at radius 3 is 2.75 bits per heavy atom. The van der Waals surface area contributed by atoms with E-state index in [1.807, 2.05) is 18.5 Å². The molecule has 1 aromatic heterocycles. The fourth-order valence-electron chi connectivity index (χ4n) is 2.66. The van der Waals surface area contributed by atoms with E-state index in [-0.39, 0.29) is 0 Å². The van der Waals surface area contributed by atoms with Crippen molar-refractivity contribution in [1.29, 1.82) is 0 Å². The fourth-order valence-corrected chi connectivity index (χ4v) is 2.66. The molecule has 0 aliphatic carbocycles. The van der Waals surface area contributed by atoms with Crippen LogP contribution < -0.4 is 5.32 Å². The zero-order valence-electron chi connectivity index (χ0n) is 12.9. The highest BCUT2D eigenvalue weighted by Gasteiger charge is 2.19. The van der Waals surface area contributed by atoms with Crippen LogP contribution in [0.25, 0.3) is 0 Å². The summed E-state index contributed by atoms with van der Waals surface area (Å²) in [6.07, 6.45) is 5.00. The number of piperazine rings is 1. The molecule has 1 unspecified atom stereocenters. The molecule has 4 nitrogen and oxygen atoms in total. The molecule has 2 heterocycles. The van der Waals surface area contributed by atoms with Crippen LogP contribution in [0.5, 0.6) is 0 Å². The molecule has 1 aliphatic heterocycles. The van der Waals surface area contributed by atoms with Crippen LogP contribution in [0.3, 0.4) is 0 Å². The first-order chi connectivity index (χ1) is 9.79. The molecule has 1 aliphatic rings. The number of aromatic nitrogens is 1. The van der Waals surface area contributed by atoms with Gasteiger partial charge in [0.05, 0.1) is 0 Å². The SMILES string of the molecule is CCC(C)N1CCN(CCNCc2cccnc2)CC1. The number of nitrogens with zero attached hydrogens (tertiary/aromatic N) is 3. The first kappa shape index (κ1) is 15.4. The number of hydrogen-bond donors (Lipinski definition) is 1. The average Bonchev–Trinajstić information content (AvgIpc) is 2.52. The highest BCUT2D eigenvalue weighted by atomic mass is 15.3. The summed E-state index contributed by atoms with van der Waals surface area (Å²) in [6.45, 7) is 12.6. The lowest BCUT2D eigenvalue weighted by Gasteiger charge is -2.37. The van der Waals surface area contributed by atoms with Crippen LogP contribution in [-0.2, 0) is 6.54 Å². The summed E-state index contributed by atoms with van der Waals surface area (Å²) in [4.78, 5) is 9.31. The highest BCUT2D eigenvalue weighted by molar-refractivity contribution is 5.07. The van der Waals surface area contributed by atoms with Crippen LogP contribution >= 0.6 is 0 Å². The molecule has 0 bridgehead atoms. The predicted molar refractivity (Wildman–Crippen MR) is 83.7 cm³/mol. The Balaban J connectivity index is 1.57. The summed E-state index contributed by atoms with van der Waals surface area (Å²) >= 11 is 0. The van der Waals surface area contributed by atoms with E-state index in [9.17, 15) is 0 Å². The summed E-state index contributed by atoms with van der Waals surface area (Å²) in [5.74, 6) is 0. The van der Waals surface area contributed by atoms with Crippen molar-refractivity contribution in [3.05, 3.63) is 30.1 Å². The topological polar surface area (TPSA) is 31.4 Å². The van der Waals surface area contributed by atoms with E-state index < -0.39 is 0 Å². The Bertz CT molecular complexity index is 360. The predicted octanol–water partition coefficient (Wildman–Crippen LogP) is 1.59. The maximum atomic E-state index is 4.13. The lowest BCUT2D eigenvalue weighted by Crippen LogP contribution is -2.50. The molecule has 0 spiro atoms. The molecule has 1 atom stereocenters. The van der Waals surface area contributed by atoms with Crippen LogP contribution in [0.2, 0.25) is 0 Å². The van der Waals surface area contributed by atoms with Crippen LogP contribution in [0.4, 0.5) is 0 Å². The van der Waals surface area contributed by atoms with Crippen molar-refractivity contribution in [2.75, 3.05) is 39.3 Å². The minimum atomic E-state index is 0.737. The van der Waals surface area contributed by atoms with Crippen LogP contribution in [0, 0.1) is 0 Å². The first-order valence-corrected chi connectivity index (χ1v) is 7.85. The summed E-state index contributed by atoms with van der Waals surface area (Å²) in [7, 11) is 0. The minimum Gasteiger partial charge on any atom is -0.311 e. The Morgan fingerprint density at radius 1 is 1.30 bits per heavy atom. The van der Waals surface area contributed by atoms with Gasteiger partial charge in [0, 0.05) is 64.2 Å². The van der Waals surface area contributed by atoms with Gasteiger partial charge in [0.2, 0.25) is 0 Å². The molecule has 0 aromatic carbocycles. The van der Waals surface area contributed by atoms with Gasteiger partial charge in [0.1, 0.15) is 0 Å². The molecular weight excluding hydrogens is 248 g/mol. The Labute approximate surface area is 123 Å². The quantitative estimate of drug-likeness (QED) is 0.766. The fraction of sp³-hybridized carbons (Fsp3) is 0.688. The third kappa shape index (κ3) is 4.85. The summed E-state index contributed by atoms with van der Waals surface area (Å²) in [5, 5.41) is 3.50. The second-order valence-electron chi connectivity index (χ2n) is 5.67. The van der Waals surface area contributed by atoms with Gasteiger partial charge in [-0.15, -0.1) is 0 Å².